The van der Waals surface area contributed by atoms with Gasteiger partial charge in [-0.15, -0.1) is 0 Å². The molecule has 0 fully saturated rings. The van der Waals surface area contributed by atoms with Gasteiger partial charge in [0.15, 0.2) is 0 Å². The van der Waals surface area contributed by atoms with Crippen LogP contribution in [0.2, 0.25) is 0 Å². The molecule has 0 saturated heterocycles. The van der Waals surface area contributed by atoms with E-state index in [2.05, 4.69) is 41.5 Å². The van der Waals surface area contributed by atoms with Crippen LogP contribution in [-0.4, -0.2) is 10.7 Å². The fraction of sp³-hybridized carbons (Fsp3) is 0.286. The zero-order valence-corrected chi connectivity index (χ0v) is 10.3. The summed E-state index contributed by atoms with van der Waals surface area (Å²) in [5.41, 5.74) is 5.16. The van der Waals surface area contributed by atoms with Gasteiger partial charge in [0.1, 0.15) is 5.82 Å². The van der Waals surface area contributed by atoms with E-state index in [4.69, 9.17) is 0 Å². The molecule has 3 heteroatoms. The van der Waals surface area contributed by atoms with E-state index in [-0.39, 0.29) is 0 Å². The van der Waals surface area contributed by atoms with Crippen molar-refractivity contribution in [1.82, 2.24) is 4.98 Å². The lowest BCUT2D eigenvalue weighted by Crippen LogP contribution is -2.00. The fourth-order valence-electron chi connectivity index (χ4n) is 1.67. The van der Waals surface area contributed by atoms with E-state index in [0.29, 0.717) is 0 Å². The van der Waals surface area contributed by atoms with E-state index in [1.54, 1.807) is 0 Å². The molecular weight excluding hydrogens is 210 g/mol. The van der Waals surface area contributed by atoms with Crippen molar-refractivity contribution in [3.63, 3.8) is 0 Å². The number of benzene rings is 1. The largest absolute Gasteiger partial charge is 0.261 e. The number of hydrogen-bond acceptors (Lipinski definition) is 3. The first kappa shape index (κ1) is 11.6. The Bertz CT molecular complexity index is 526. The maximum atomic E-state index is 4.50. The molecule has 0 unspecified atom stereocenters. The zero-order chi connectivity index (χ0) is 12.1. The monoisotopic (exact) mass is 227 g/mol. The number of rotatable bonds is 4. The molecule has 0 radical (unpaired) electrons. The third-order valence-corrected chi connectivity index (χ3v) is 2.74. The minimum Gasteiger partial charge on any atom is -0.261 e. The number of aromatic nitrogens is 1. The van der Waals surface area contributed by atoms with Crippen LogP contribution < -0.4 is 5.43 Å². The Kier molecular flexibility index (Phi) is 3.70. The van der Waals surface area contributed by atoms with E-state index in [1.807, 2.05) is 24.3 Å². The maximum absolute atomic E-state index is 4.50. The summed E-state index contributed by atoms with van der Waals surface area (Å²) in [5.74, 6) is 0.795. The number of nitrogens with zero attached hydrogens (tertiary/aromatic N) is 2. The second-order valence-electron chi connectivity index (χ2n) is 3.89. The molecule has 3 nitrogen and oxygen atoms in total. The predicted octanol–water partition coefficient (Wildman–Crippen LogP) is 3.82. The van der Waals surface area contributed by atoms with Crippen LogP contribution >= 0.6 is 0 Å². The number of para-hydroxylation sites is 1. The second-order valence-corrected chi connectivity index (χ2v) is 3.89. The molecule has 0 saturated carbocycles. The average Bonchev–Trinajstić information content (AvgIpc) is 2.40. The van der Waals surface area contributed by atoms with Gasteiger partial charge in [0, 0.05) is 11.1 Å². The summed E-state index contributed by atoms with van der Waals surface area (Å²) in [6, 6.07) is 12.1. The van der Waals surface area contributed by atoms with Gasteiger partial charge in [-0.05, 0) is 31.0 Å². The molecule has 0 amide bonds. The van der Waals surface area contributed by atoms with Crippen molar-refractivity contribution in [3.05, 3.63) is 36.4 Å². The number of hydrogen-bond donors (Lipinski definition) is 1. The SMILES string of the molecule is CCC(CC)=NNc1ccc2ccccc2n1. The van der Waals surface area contributed by atoms with Crippen LogP contribution in [0.4, 0.5) is 5.82 Å². The van der Waals surface area contributed by atoms with E-state index < -0.39 is 0 Å². The smallest absolute Gasteiger partial charge is 0.146 e. The maximum Gasteiger partial charge on any atom is 0.146 e. The van der Waals surface area contributed by atoms with Gasteiger partial charge in [0.2, 0.25) is 0 Å². The molecule has 2 rings (SSSR count). The minimum absolute atomic E-state index is 0.795. The van der Waals surface area contributed by atoms with Gasteiger partial charge in [0.25, 0.3) is 0 Å². The van der Waals surface area contributed by atoms with Crippen molar-refractivity contribution in [2.45, 2.75) is 26.7 Å². The summed E-state index contributed by atoms with van der Waals surface area (Å²) in [5, 5.41) is 5.49. The molecule has 2 aromatic rings. The fourth-order valence-corrected chi connectivity index (χ4v) is 1.67. The number of fused-ring (bicyclic) bond motifs is 1. The quantitative estimate of drug-likeness (QED) is 0.636. The molecule has 0 aliphatic rings. The van der Waals surface area contributed by atoms with E-state index in [9.17, 15) is 0 Å². The van der Waals surface area contributed by atoms with Crippen molar-refractivity contribution in [2.75, 3.05) is 5.43 Å². The second kappa shape index (κ2) is 5.43. The topological polar surface area (TPSA) is 37.3 Å². The Labute approximate surface area is 102 Å². The zero-order valence-electron chi connectivity index (χ0n) is 10.3. The Hall–Kier alpha value is -1.90. The summed E-state index contributed by atoms with van der Waals surface area (Å²) in [6.07, 6.45) is 1.94. The average molecular weight is 227 g/mol. The number of pyridine rings is 1. The van der Waals surface area contributed by atoms with Gasteiger partial charge in [-0.25, -0.2) is 4.98 Å². The lowest BCUT2D eigenvalue weighted by atomic mass is 10.2. The Morgan fingerprint density at radius 2 is 1.88 bits per heavy atom. The first-order chi connectivity index (χ1) is 8.33. The van der Waals surface area contributed by atoms with Gasteiger partial charge >= 0.3 is 0 Å². The standard InChI is InChI=1S/C14H17N3/c1-3-12(4-2)16-17-14-10-9-11-7-5-6-8-13(11)15-14/h5-10H,3-4H2,1-2H3,(H,15,17). The first-order valence-corrected chi connectivity index (χ1v) is 6.00. The summed E-state index contributed by atoms with van der Waals surface area (Å²) < 4.78 is 0. The minimum atomic E-state index is 0.795. The summed E-state index contributed by atoms with van der Waals surface area (Å²) in [6.45, 7) is 4.22. The van der Waals surface area contributed by atoms with E-state index in [0.717, 1.165) is 35.3 Å². The number of hydrazone groups is 1. The number of anilines is 1. The molecule has 0 aliphatic heterocycles. The van der Waals surface area contributed by atoms with Crippen molar-refractivity contribution < 1.29 is 0 Å². The van der Waals surface area contributed by atoms with Gasteiger partial charge in [-0.1, -0.05) is 32.0 Å². The van der Waals surface area contributed by atoms with Crippen molar-refractivity contribution in [1.29, 1.82) is 0 Å². The third kappa shape index (κ3) is 2.81. The molecule has 88 valence electrons. The van der Waals surface area contributed by atoms with Crippen molar-refractivity contribution in [2.24, 2.45) is 5.10 Å². The third-order valence-electron chi connectivity index (χ3n) is 2.74. The molecule has 1 N–H and O–H groups in total. The molecule has 1 aromatic carbocycles. The molecule has 0 spiro atoms. The highest BCUT2D eigenvalue weighted by atomic mass is 15.3. The summed E-state index contributed by atoms with van der Waals surface area (Å²) in [4.78, 5) is 4.50. The van der Waals surface area contributed by atoms with Gasteiger partial charge in [0.05, 0.1) is 5.52 Å². The summed E-state index contributed by atoms with van der Waals surface area (Å²) >= 11 is 0. The molecule has 0 atom stereocenters. The highest BCUT2D eigenvalue weighted by Gasteiger charge is 1.97. The molecule has 0 aliphatic carbocycles. The lowest BCUT2D eigenvalue weighted by molar-refractivity contribution is 1.12. The van der Waals surface area contributed by atoms with Crippen LogP contribution in [-0.2, 0) is 0 Å². The van der Waals surface area contributed by atoms with Gasteiger partial charge in [-0.2, -0.15) is 5.10 Å². The van der Waals surface area contributed by atoms with Gasteiger partial charge < -0.3 is 0 Å². The van der Waals surface area contributed by atoms with Crippen LogP contribution in [0.5, 0.6) is 0 Å². The van der Waals surface area contributed by atoms with Crippen LogP contribution in [0.25, 0.3) is 10.9 Å². The lowest BCUT2D eigenvalue weighted by Gasteiger charge is -2.04. The van der Waals surface area contributed by atoms with E-state index in [1.165, 1.54) is 0 Å². The van der Waals surface area contributed by atoms with Crippen molar-refractivity contribution in [3.8, 4) is 0 Å². The number of nitrogens with one attached hydrogen (secondary N) is 1. The Balaban J connectivity index is 2.22. The van der Waals surface area contributed by atoms with Crippen LogP contribution in [0, 0.1) is 0 Å². The molecule has 17 heavy (non-hydrogen) atoms. The van der Waals surface area contributed by atoms with Crippen LogP contribution in [0.1, 0.15) is 26.7 Å². The Morgan fingerprint density at radius 1 is 1.12 bits per heavy atom. The summed E-state index contributed by atoms with van der Waals surface area (Å²) in [7, 11) is 0. The van der Waals surface area contributed by atoms with E-state index >= 15 is 0 Å². The van der Waals surface area contributed by atoms with Crippen LogP contribution in [0.3, 0.4) is 0 Å². The highest BCUT2D eigenvalue weighted by Crippen LogP contribution is 2.14. The van der Waals surface area contributed by atoms with Crippen molar-refractivity contribution >= 4 is 22.4 Å². The highest BCUT2D eigenvalue weighted by molar-refractivity contribution is 5.85. The normalized spacial score (nSPS) is 10.2. The van der Waals surface area contributed by atoms with Crippen LogP contribution in [0.15, 0.2) is 41.5 Å². The first-order valence-electron chi connectivity index (χ1n) is 6.00. The Morgan fingerprint density at radius 3 is 2.65 bits per heavy atom. The van der Waals surface area contributed by atoms with Gasteiger partial charge in [-0.3, -0.25) is 5.43 Å². The molecular formula is C14H17N3. The molecule has 0 bridgehead atoms. The molecule has 1 heterocycles. The predicted molar refractivity (Wildman–Crippen MR) is 73.4 cm³/mol. The molecule has 1 aromatic heterocycles.